The first-order valence-electron chi connectivity index (χ1n) is 9.24. The van der Waals surface area contributed by atoms with Crippen LogP contribution in [-0.2, 0) is 19.6 Å². The van der Waals surface area contributed by atoms with Gasteiger partial charge in [-0.15, -0.1) is 24.2 Å². The zero-order valence-electron chi connectivity index (χ0n) is 17.2. The van der Waals surface area contributed by atoms with Crippen LogP contribution in [-0.4, -0.2) is 94.0 Å². The van der Waals surface area contributed by atoms with Gasteiger partial charge < -0.3 is 4.74 Å². The Kier molecular flexibility index (Phi) is 9.34. The first kappa shape index (κ1) is 25.3. The number of hydrogen-bond donors (Lipinski definition) is 0. The van der Waals surface area contributed by atoms with Crippen LogP contribution in [0.3, 0.4) is 0 Å². The molecular weight excluding hydrogens is 468 g/mol. The third kappa shape index (κ3) is 6.52. The summed E-state index contributed by atoms with van der Waals surface area (Å²) in [4.78, 5) is 22.6. The minimum absolute atomic E-state index is 0. The van der Waals surface area contributed by atoms with Crippen LogP contribution in [0.1, 0.15) is 0 Å². The van der Waals surface area contributed by atoms with Crippen molar-refractivity contribution in [2.24, 2.45) is 0 Å². The van der Waals surface area contributed by atoms with Crippen molar-refractivity contribution >= 4 is 66.8 Å². The van der Waals surface area contributed by atoms with Gasteiger partial charge in [0.1, 0.15) is 0 Å². The van der Waals surface area contributed by atoms with E-state index in [4.69, 9.17) is 4.74 Å². The van der Waals surface area contributed by atoms with Crippen molar-refractivity contribution in [1.82, 2.24) is 14.2 Å². The Morgan fingerprint density at radius 2 is 2.03 bits per heavy atom. The molecular formula is C18H27ClN4O4S3. The maximum absolute atomic E-state index is 13.0. The summed E-state index contributed by atoms with van der Waals surface area (Å²) in [5, 5.41) is 0.596. The maximum atomic E-state index is 13.0. The molecule has 12 heteroatoms. The number of carbonyl (C=O) groups is 1. The minimum Gasteiger partial charge on any atom is -0.379 e. The van der Waals surface area contributed by atoms with Crippen molar-refractivity contribution < 1.29 is 17.9 Å². The summed E-state index contributed by atoms with van der Waals surface area (Å²) in [7, 11) is -2.03. The Morgan fingerprint density at radius 3 is 2.67 bits per heavy atom. The average Bonchev–Trinajstić information content (AvgIpc) is 3.10. The van der Waals surface area contributed by atoms with E-state index in [0.29, 0.717) is 31.4 Å². The second-order valence-electron chi connectivity index (χ2n) is 6.85. The normalized spacial score (nSPS) is 15.3. The highest BCUT2D eigenvalue weighted by Crippen LogP contribution is 2.31. The summed E-state index contributed by atoms with van der Waals surface area (Å²) in [6.45, 7) is 3.93. The second kappa shape index (κ2) is 11.1. The lowest BCUT2D eigenvalue weighted by Crippen LogP contribution is -2.46. The largest absolute Gasteiger partial charge is 0.379 e. The molecule has 0 atom stereocenters. The lowest BCUT2D eigenvalue weighted by atomic mass is 10.3. The fourth-order valence-electron chi connectivity index (χ4n) is 2.92. The summed E-state index contributed by atoms with van der Waals surface area (Å²) in [5.41, 5.74) is 0.837. The molecule has 2 heterocycles. The van der Waals surface area contributed by atoms with Crippen molar-refractivity contribution in [2.75, 3.05) is 70.4 Å². The van der Waals surface area contributed by atoms with Gasteiger partial charge in [-0.05, 0) is 24.5 Å². The molecule has 1 aliphatic rings. The lowest BCUT2D eigenvalue weighted by Gasteiger charge is -2.29. The molecule has 1 aliphatic heterocycles. The first-order chi connectivity index (χ1) is 13.8. The topological polar surface area (TPSA) is 83.1 Å². The SMILES string of the molecule is CSc1ccc2nc(N(CCN3CCOCC3)C(=O)CN(C)S(C)(=O)=O)sc2c1.Cl. The molecule has 1 amide bonds. The van der Waals surface area contributed by atoms with Crippen molar-refractivity contribution in [1.29, 1.82) is 0 Å². The zero-order valence-corrected chi connectivity index (χ0v) is 20.5. The number of anilines is 1. The van der Waals surface area contributed by atoms with Crippen LogP contribution < -0.4 is 4.90 Å². The Bertz CT molecular complexity index is 963. The molecule has 0 unspecified atom stereocenters. The molecule has 0 saturated carbocycles. The molecule has 2 aromatic rings. The zero-order chi connectivity index (χ0) is 21.0. The van der Waals surface area contributed by atoms with E-state index in [-0.39, 0.29) is 24.9 Å². The van der Waals surface area contributed by atoms with Crippen molar-refractivity contribution in [3.05, 3.63) is 18.2 Å². The first-order valence-corrected chi connectivity index (χ1v) is 13.1. The van der Waals surface area contributed by atoms with E-state index >= 15 is 0 Å². The molecule has 1 saturated heterocycles. The number of nitrogens with zero attached hydrogens (tertiary/aromatic N) is 4. The summed E-state index contributed by atoms with van der Waals surface area (Å²) in [6.07, 6.45) is 3.11. The average molecular weight is 495 g/mol. The van der Waals surface area contributed by atoms with E-state index in [2.05, 4.69) is 16.0 Å². The Hall–Kier alpha value is -0.950. The van der Waals surface area contributed by atoms with Gasteiger partial charge in [-0.3, -0.25) is 14.6 Å². The molecule has 1 aromatic carbocycles. The summed E-state index contributed by atoms with van der Waals surface area (Å²) in [6, 6.07) is 6.02. The molecule has 0 aliphatic carbocycles. The van der Waals surface area contributed by atoms with Gasteiger partial charge in [-0.2, -0.15) is 4.31 Å². The Morgan fingerprint density at radius 1 is 1.33 bits per heavy atom. The number of morpholine rings is 1. The summed E-state index contributed by atoms with van der Waals surface area (Å²) < 4.78 is 31.0. The molecule has 3 rings (SSSR count). The van der Waals surface area contributed by atoms with E-state index in [0.717, 1.165) is 38.8 Å². The van der Waals surface area contributed by atoms with E-state index in [9.17, 15) is 13.2 Å². The highest BCUT2D eigenvalue weighted by atomic mass is 35.5. The van der Waals surface area contributed by atoms with Crippen molar-refractivity contribution in [3.8, 4) is 0 Å². The van der Waals surface area contributed by atoms with E-state index < -0.39 is 10.0 Å². The number of benzene rings is 1. The van der Waals surface area contributed by atoms with Gasteiger partial charge in [0.2, 0.25) is 15.9 Å². The van der Waals surface area contributed by atoms with Crippen LogP contribution in [0.4, 0.5) is 5.13 Å². The summed E-state index contributed by atoms with van der Waals surface area (Å²) in [5.74, 6) is -0.282. The fourth-order valence-corrected chi connectivity index (χ4v) is 4.83. The number of ether oxygens (including phenoxy) is 1. The fraction of sp³-hybridized carbons (Fsp3) is 0.556. The third-order valence-electron chi connectivity index (χ3n) is 4.78. The molecule has 8 nitrogen and oxygen atoms in total. The van der Waals surface area contributed by atoms with E-state index in [1.807, 2.05) is 18.4 Å². The Labute approximate surface area is 192 Å². The van der Waals surface area contributed by atoms with Gasteiger partial charge in [0, 0.05) is 38.1 Å². The number of rotatable bonds is 8. The predicted molar refractivity (Wildman–Crippen MR) is 126 cm³/mol. The number of fused-ring (bicyclic) bond motifs is 1. The van der Waals surface area contributed by atoms with E-state index in [1.54, 1.807) is 16.7 Å². The number of likely N-dealkylation sites (N-methyl/N-ethyl adjacent to an activating group) is 1. The number of hydrogen-bond acceptors (Lipinski definition) is 8. The van der Waals surface area contributed by atoms with Crippen LogP contribution in [0.15, 0.2) is 23.1 Å². The van der Waals surface area contributed by atoms with Crippen molar-refractivity contribution in [3.63, 3.8) is 0 Å². The molecule has 0 spiro atoms. The number of halogens is 1. The molecule has 0 N–H and O–H groups in total. The smallest absolute Gasteiger partial charge is 0.244 e. The Balaban J connectivity index is 0.00000320. The van der Waals surface area contributed by atoms with Gasteiger partial charge >= 0.3 is 0 Å². The van der Waals surface area contributed by atoms with Crippen LogP contribution >= 0.6 is 35.5 Å². The predicted octanol–water partition coefficient (Wildman–Crippen LogP) is 2.00. The molecule has 0 bridgehead atoms. The minimum atomic E-state index is -3.44. The number of thiazole rings is 1. The second-order valence-corrected chi connectivity index (χ2v) is 10.8. The maximum Gasteiger partial charge on any atom is 0.244 e. The van der Waals surface area contributed by atoms with Gasteiger partial charge in [-0.1, -0.05) is 11.3 Å². The van der Waals surface area contributed by atoms with Gasteiger partial charge in [0.05, 0.1) is 36.2 Å². The highest BCUT2D eigenvalue weighted by molar-refractivity contribution is 7.98. The number of thioether (sulfide) groups is 1. The molecule has 168 valence electrons. The van der Waals surface area contributed by atoms with Crippen LogP contribution in [0.2, 0.25) is 0 Å². The molecule has 1 fully saturated rings. The highest BCUT2D eigenvalue weighted by Gasteiger charge is 2.25. The van der Waals surface area contributed by atoms with Crippen LogP contribution in [0.25, 0.3) is 10.2 Å². The van der Waals surface area contributed by atoms with Crippen molar-refractivity contribution in [2.45, 2.75) is 4.90 Å². The third-order valence-corrected chi connectivity index (χ3v) is 7.81. The van der Waals surface area contributed by atoms with Crippen LogP contribution in [0.5, 0.6) is 0 Å². The number of sulfonamides is 1. The lowest BCUT2D eigenvalue weighted by molar-refractivity contribution is -0.118. The molecule has 1 aromatic heterocycles. The standard InChI is InChI=1S/C18H26N4O4S3.ClH/c1-20(29(3,24)25)13-17(23)22(7-6-21-8-10-26-11-9-21)18-19-15-5-4-14(27-2)12-16(15)28-18;/h4-5,12H,6-11,13H2,1-3H3;1H. The molecule has 0 radical (unpaired) electrons. The van der Waals surface area contributed by atoms with E-state index in [1.165, 1.54) is 18.4 Å². The number of amides is 1. The van der Waals surface area contributed by atoms with Gasteiger partial charge in [0.15, 0.2) is 5.13 Å². The quantitative estimate of drug-likeness (QED) is 0.519. The summed E-state index contributed by atoms with van der Waals surface area (Å²) >= 11 is 3.11. The van der Waals surface area contributed by atoms with Crippen LogP contribution in [0, 0.1) is 0 Å². The van der Waals surface area contributed by atoms with Gasteiger partial charge in [0.25, 0.3) is 0 Å². The monoisotopic (exact) mass is 494 g/mol. The van der Waals surface area contributed by atoms with Gasteiger partial charge in [-0.25, -0.2) is 13.4 Å². The molecule has 30 heavy (non-hydrogen) atoms. The number of carbonyl (C=O) groups excluding carboxylic acids is 1. The number of aromatic nitrogens is 1.